The van der Waals surface area contributed by atoms with Crippen LogP contribution in [-0.4, -0.2) is 25.2 Å². The minimum atomic E-state index is 0.0822. The highest BCUT2D eigenvalue weighted by Crippen LogP contribution is 2.06. The summed E-state index contributed by atoms with van der Waals surface area (Å²) >= 11 is 0. The molecular formula is C7H13NO2. The van der Waals surface area contributed by atoms with Crippen LogP contribution in [0, 0.1) is 5.92 Å². The molecule has 1 aliphatic rings. The molecule has 0 saturated carbocycles. The third kappa shape index (κ3) is 2.35. The van der Waals surface area contributed by atoms with Gasteiger partial charge in [-0.15, -0.1) is 0 Å². The molecule has 1 saturated heterocycles. The fourth-order valence-electron chi connectivity index (χ4n) is 0.604. The average Bonchev–Trinajstić information content (AvgIpc) is 2.64. The Kier molecular flexibility index (Phi) is 2.27. The number of nitrogens with one attached hydrogen (secondary N) is 1. The van der Waals surface area contributed by atoms with E-state index in [4.69, 9.17) is 4.74 Å². The van der Waals surface area contributed by atoms with Crippen LogP contribution in [0.1, 0.15) is 13.8 Å². The van der Waals surface area contributed by atoms with Gasteiger partial charge in [0.2, 0.25) is 5.91 Å². The molecule has 10 heavy (non-hydrogen) atoms. The molecule has 0 aromatic heterocycles. The molecule has 1 aliphatic heterocycles. The van der Waals surface area contributed by atoms with Gasteiger partial charge >= 0.3 is 0 Å². The third-order valence-corrected chi connectivity index (χ3v) is 1.43. The molecule has 0 unspecified atom stereocenters. The molecule has 3 heteroatoms. The van der Waals surface area contributed by atoms with Gasteiger partial charge in [-0.05, 0) is 0 Å². The van der Waals surface area contributed by atoms with E-state index in [1.807, 2.05) is 13.8 Å². The van der Waals surface area contributed by atoms with Crippen molar-refractivity contribution in [1.29, 1.82) is 0 Å². The average molecular weight is 143 g/mol. The van der Waals surface area contributed by atoms with Crippen molar-refractivity contribution in [3.63, 3.8) is 0 Å². The Hall–Kier alpha value is -0.570. The van der Waals surface area contributed by atoms with E-state index in [9.17, 15) is 4.79 Å². The molecule has 1 fully saturated rings. The molecule has 1 N–H and O–H groups in total. The van der Waals surface area contributed by atoms with Crippen LogP contribution in [0.4, 0.5) is 0 Å². The van der Waals surface area contributed by atoms with Gasteiger partial charge in [-0.2, -0.15) is 0 Å². The summed E-state index contributed by atoms with van der Waals surface area (Å²) in [7, 11) is 0. The lowest BCUT2D eigenvalue weighted by Crippen LogP contribution is -2.30. The zero-order valence-electron chi connectivity index (χ0n) is 6.39. The van der Waals surface area contributed by atoms with Crippen LogP contribution in [0.25, 0.3) is 0 Å². The lowest BCUT2D eigenvalue weighted by molar-refractivity contribution is -0.124. The first-order valence-electron chi connectivity index (χ1n) is 3.59. The second-order valence-electron chi connectivity index (χ2n) is 2.86. The lowest BCUT2D eigenvalue weighted by atomic mass is 10.2. The number of hydrogen-bond acceptors (Lipinski definition) is 2. The first kappa shape index (κ1) is 7.54. The molecule has 0 spiro atoms. The summed E-state index contributed by atoms with van der Waals surface area (Å²) in [6, 6.07) is 0. The molecule has 58 valence electrons. The molecule has 0 bridgehead atoms. The first-order chi connectivity index (χ1) is 4.70. The van der Waals surface area contributed by atoms with Crippen molar-refractivity contribution in [2.75, 3.05) is 13.2 Å². The number of carbonyl (C=O) groups is 1. The smallest absolute Gasteiger partial charge is 0.222 e. The van der Waals surface area contributed by atoms with Crippen LogP contribution in [0.2, 0.25) is 0 Å². The van der Waals surface area contributed by atoms with Gasteiger partial charge in [0.05, 0.1) is 12.7 Å². The Morgan fingerprint density at radius 3 is 2.80 bits per heavy atom. The number of epoxide rings is 1. The van der Waals surface area contributed by atoms with Gasteiger partial charge in [0.1, 0.15) is 0 Å². The van der Waals surface area contributed by atoms with E-state index in [0.717, 1.165) is 6.61 Å². The Labute approximate surface area is 60.7 Å². The van der Waals surface area contributed by atoms with Gasteiger partial charge in [-0.3, -0.25) is 4.79 Å². The van der Waals surface area contributed by atoms with Crippen LogP contribution < -0.4 is 5.32 Å². The van der Waals surface area contributed by atoms with Gasteiger partial charge < -0.3 is 10.1 Å². The van der Waals surface area contributed by atoms with E-state index in [1.165, 1.54) is 0 Å². The zero-order chi connectivity index (χ0) is 7.56. The minimum Gasteiger partial charge on any atom is -0.371 e. The second kappa shape index (κ2) is 3.01. The molecule has 0 aliphatic carbocycles. The Bertz CT molecular complexity index is 130. The van der Waals surface area contributed by atoms with E-state index >= 15 is 0 Å². The summed E-state index contributed by atoms with van der Waals surface area (Å²) in [5.74, 6) is 0.189. The number of carbonyl (C=O) groups excluding carboxylic acids is 1. The number of hydrogen-bond donors (Lipinski definition) is 1. The van der Waals surface area contributed by atoms with Crippen molar-refractivity contribution >= 4 is 5.91 Å². The predicted molar refractivity (Wildman–Crippen MR) is 37.6 cm³/mol. The summed E-state index contributed by atoms with van der Waals surface area (Å²) in [4.78, 5) is 10.9. The molecule has 0 radical (unpaired) electrons. The number of amides is 1. The summed E-state index contributed by atoms with van der Waals surface area (Å²) in [5.41, 5.74) is 0. The second-order valence-corrected chi connectivity index (χ2v) is 2.86. The van der Waals surface area contributed by atoms with Crippen molar-refractivity contribution in [2.24, 2.45) is 5.92 Å². The maximum atomic E-state index is 10.9. The van der Waals surface area contributed by atoms with E-state index < -0.39 is 0 Å². The number of ether oxygens (including phenoxy) is 1. The van der Waals surface area contributed by atoms with Gasteiger partial charge in [0, 0.05) is 12.5 Å². The quantitative estimate of drug-likeness (QED) is 0.572. The predicted octanol–water partition coefficient (Wildman–Crippen LogP) is 0.157. The fourth-order valence-corrected chi connectivity index (χ4v) is 0.604. The van der Waals surface area contributed by atoms with Crippen molar-refractivity contribution in [3.8, 4) is 0 Å². The fraction of sp³-hybridized carbons (Fsp3) is 0.857. The van der Waals surface area contributed by atoms with Gasteiger partial charge in [-0.25, -0.2) is 0 Å². The van der Waals surface area contributed by atoms with Gasteiger partial charge in [-0.1, -0.05) is 13.8 Å². The molecule has 3 nitrogen and oxygen atoms in total. The molecule has 1 heterocycles. The normalized spacial score (nSPS) is 22.9. The summed E-state index contributed by atoms with van der Waals surface area (Å²) in [5, 5.41) is 2.78. The number of rotatable bonds is 3. The largest absolute Gasteiger partial charge is 0.371 e. The standard InChI is InChI=1S/C7H13NO2/c1-5(2)7(9)8-3-6-4-10-6/h5-6H,3-4H2,1-2H3,(H,8,9)/t6-/m1/s1. The van der Waals surface area contributed by atoms with E-state index in [0.29, 0.717) is 12.6 Å². The highest BCUT2D eigenvalue weighted by atomic mass is 16.6. The van der Waals surface area contributed by atoms with Crippen molar-refractivity contribution in [1.82, 2.24) is 5.32 Å². The summed E-state index contributed by atoms with van der Waals surface area (Å²) in [6.45, 7) is 5.24. The van der Waals surface area contributed by atoms with E-state index in [1.54, 1.807) is 0 Å². The van der Waals surface area contributed by atoms with Crippen molar-refractivity contribution in [3.05, 3.63) is 0 Å². The lowest BCUT2D eigenvalue weighted by Gasteiger charge is -2.04. The summed E-state index contributed by atoms with van der Waals surface area (Å²) in [6.07, 6.45) is 0.294. The molecule has 0 aromatic carbocycles. The van der Waals surface area contributed by atoms with Crippen LogP contribution in [0.5, 0.6) is 0 Å². The van der Waals surface area contributed by atoms with E-state index in [-0.39, 0.29) is 11.8 Å². The Balaban J connectivity index is 2.05. The van der Waals surface area contributed by atoms with Crippen LogP contribution in [0.15, 0.2) is 0 Å². The van der Waals surface area contributed by atoms with Crippen molar-refractivity contribution < 1.29 is 9.53 Å². The zero-order valence-corrected chi connectivity index (χ0v) is 6.39. The first-order valence-corrected chi connectivity index (χ1v) is 3.59. The van der Waals surface area contributed by atoms with Crippen LogP contribution in [-0.2, 0) is 9.53 Å². The van der Waals surface area contributed by atoms with Crippen LogP contribution >= 0.6 is 0 Å². The van der Waals surface area contributed by atoms with Crippen LogP contribution in [0.3, 0.4) is 0 Å². The SMILES string of the molecule is CC(C)C(=O)NC[C@@H]1CO1. The van der Waals surface area contributed by atoms with Gasteiger partial charge in [0.15, 0.2) is 0 Å². The monoisotopic (exact) mass is 143 g/mol. The highest BCUT2D eigenvalue weighted by Gasteiger charge is 2.22. The topological polar surface area (TPSA) is 41.6 Å². The molecular weight excluding hydrogens is 130 g/mol. The maximum absolute atomic E-state index is 10.9. The maximum Gasteiger partial charge on any atom is 0.222 e. The molecule has 1 rings (SSSR count). The Morgan fingerprint density at radius 1 is 1.80 bits per heavy atom. The molecule has 0 aromatic rings. The van der Waals surface area contributed by atoms with Gasteiger partial charge in [0.25, 0.3) is 0 Å². The van der Waals surface area contributed by atoms with E-state index in [2.05, 4.69) is 5.32 Å². The summed E-state index contributed by atoms with van der Waals surface area (Å²) < 4.78 is 4.92. The third-order valence-electron chi connectivity index (χ3n) is 1.43. The molecule has 1 amide bonds. The Morgan fingerprint density at radius 2 is 2.40 bits per heavy atom. The molecule has 1 atom stereocenters. The minimum absolute atomic E-state index is 0.0822. The van der Waals surface area contributed by atoms with Crippen molar-refractivity contribution in [2.45, 2.75) is 20.0 Å². The highest BCUT2D eigenvalue weighted by molar-refractivity contribution is 5.77.